The molecule has 14 heavy (non-hydrogen) atoms. The number of amides is 1. The third-order valence-corrected chi connectivity index (χ3v) is 1.98. The van der Waals surface area contributed by atoms with Crippen LogP contribution in [0.15, 0.2) is 30.3 Å². The highest BCUT2D eigenvalue weighted by atomic mass is 16.1. The molecule has 1 aromatic carbocycles. The zero-order valence-corrected chi connectivity index (χ0v) is 8.42. The predicted octanol–water partition coefficient (Wildman–Crippen LogP) is 0.912. The van der Waals surface area contributed by atoms with Crippen LogP contribution in [0.4, 0.5) is 0 Å². The van der Waals surface area contributed by atoms with Crippen LogP contribution in [0.2, 0.25) is 0 Å². The first-order chi connectivity index (χ1) is 6.83. The Balaban J connectivity index is 2.13. The minimum absolute atomic E-state index is 0.0746. The molecule has 1 amide bonds. The van der Waals surface area contributed by atoms with Gasteiger partial charge in [0.05, 0.1) is 0 Å². The van der Waals surface area contributed by atoms with Crippen molar-refractivity contribution >= 4 is 5.91 Å². The maximum Gasteiger partial charge on any atom is 0.221 e. The van der Waals surface area contributed by atoms with Gasteiger partial charge >= 0.3 is 0 Å². The second-order valence-corrected chi connectivity index (χ2v) is 3.09. The van der Waals surface area contributed by atoms with Crippen LogP contribution in [0.3, 0.4) is 0 Å². The highest BCUT2D eigenvalue weighted by molar-refractivity contribution is 5.75. The molecule has 0 radical (unpaired) electrons. The Morgan fingerprint density at radius 3 is 2.64 bits per heavy atom. The fourth-order valence-electron chi connectivity index (χ4n) is 1.16. The van der Waals surface area contributed by atoms with E-state index in [4.69, 9.17) is 0 Å². The van der Waals surface area contributed by atoms with E-state index in [-0.39, 0.29) is 5.91 Å². The first-order valence-corrected chi connectivity index (χ1v) is 4.78. The molecule has 0 spiro atoms. The van der Waals surface area contributed by atoms with Crippen molar-refractivity contribution in [3.8, 4) is 0 Å². The van der Waals surface area contributed by atoms with Gasteiger partial charge in [0.15, 0.2) is 0 Å². The summed E-state index contributed by atoms with van der Waals surface area (Å²) in [6.45, 7) is 1.53. The van der Waals surface area contributed by atoms with Crippen molar-refractivity contribution < 1.29 is 4.79 Å². The average molecular weight is 192 g/mol. The molecular weight excluding hydrogens is 176 g/mol. The number of carbonyl (C=O) groups is 1. The Kier molecular flexibility index (Phi) is 4.72. The van der Waals surface area contributed by atoms with Gasteiger partial charge in [0, 0.05) is 26.6 Å². The maximum atomic E-state index is 10.9. The van der Waals surface area contributed by atoms with Gasteiger partial charge < -0.3 is 10.6 Å². The minimum Gasteiger partial charge on any atom is -0.359 e. The Hall–Kier alpha value is -1.35. The van der Waals surface area contributed by atoms with E-state index >= 15 is 0 Å². The van der Waals surface area contributed by atoms with Crippen molar-refractivity contribution in [2.24, 2.45) is 0 Å². The van der Waals surface area contributed by atoms with Crippen molar-refractivity contribution in [1.29, 1.82) is 0 Å². The van der Waals surface area contributed by atoms with Gasteiger partial charge in [-0.2, -0.15) is 0 Å². The number of carbonyl (C=O) groups excluding carboxylic acids is 1. The van der Waals surface area contributed by atoms with Gasteiger partial charge in [-0.05, 0) is 5.56 Å². The molecule has 2 N–H and O–H groups in total. The Morgan fingerprint density at radius 1 is 1.29 bits per heavy atom. The van der Waals surface area contributed by atoms with Crippen molar-refractivity contribution in [3.63, 3.8) is 0 Å². The van der Waals surface area contributed by atoms with Crippen LogP contribution in [0.1, 0.15) is 12.0 Å². The van der Waals surface area contributed by atoms with E-state index in [9.17, 15) is 4.79 Å². The van der Waals surface area contributed by atoms with Crippen LogP contribution in [0.25, 0.3) is 0 Å². The molecule has 1 aromatic rings. The molecule has 0 saturated heterocycles. The van der Waals surface area contributed by atoms with E-state index in [1.54, 1.807) is 7.05 Å². The van der Waals surface area contributed by atoms with Gasteiger partial charge in [-0.15, -0.1) is 0 Å². The lowest BCUT2D eigenvalue weighted by Crippen LogP contribution is -2.24. The van der Waals surface area contributed by atoms with Gasteiger partial charge in [-0.25, -0.2) is 0 Å². The lowest BCUT2D eigenvalue weighted by atomic mass is 10.2. The average Bonchev–Trinajstić information content (AvgIpc) is 2.25. The molecule has 0 fully saturated rings. The Bertz CT molecular complexity index is 272. The summed E-state index contributed by atoms with van der Waals surface area (Å²) in [4.78, 5) is 10.9. The number of hydrogen-bond donors (Lipinski definition) is 2. The van der Waals surface area contributed by atoms with Gasteiger partial charge in [0.25, 0.3) is 0 Å². The van der Waals surface area contributed by atoms with Crippen LogP contribution in [0.5, 0.6) is 0 Å². The van der Waals surface area contributed by atoms with Crippen molar-refractivity contribution in [2.75, 3.05) is 13.6 Å². The van der Waals surface area contributed by atoms with Crippen molar-refractivity contribution in [2.45, 2.75) is 13.0 Å². The Labute approximate surface area is 84.5 Å². The third kappa shape index (κ3) is 4.05. The summed E-state index contributed by atoms with van der Waals surface area (Å²) >= 11 is 0. The second kappa shape index (κ2) is 6.16. The maximum absolute atomic E-state index is 10.9. The summed E-state index contributed by atoms with van der Waals surface area (Å²) in [5, 5.41) is 5.79. The lowest BCUT2D eigenvalue weighted by Gasteiger charge is -2.03. The molecule has 76 valence electrons. The molecule has 3 heteroatoms. The molecule has 0 saturated carbocycles. The number of nitrogens with one attached hydrogen (secondary N) is 2. The summed E-state index contributed by atoms with van der Waals surface area (Å²) in [6, 6.07) is 10.1. The molecule has 0 bridgehead atoms. The van der Waals surface area contributed by atoms with Crippen LogP contribution in [0, 0.1) is 0 Å². The van der Waals surface area contributed by atoms with Crippen LogP contribution in [-0.2, 0) is 11.3 Å². The first kappa shape index (κ1) is 10.7. The van der Waals surface area contributed by atoms with Crippen molar-refractivity contribution in [3.05, 3.63) is 35.9 Å². The normalized spacial score (nSPS) is 9.79. The number of rotatable bonds is 5. The third-order valence-electron chi connectivity index (χ3n) is 1.98. The SMILES string of the molecule is CNC(=O)CCNCc1ccccc1. The first-order valence-electron chi connectivity index (χ1n) is 4.78. The van der Waals surface area contributed by atoms with Crippen molar-refractivity contribution in [1.82, 2.24) is 10.6 Å². The summed E-state index contributed by atoms with van der Waals surface area (Å²) in [5.74, 6) is 0.0746. The van der Waals surface area contributed by atoms with E-state index in [2.05, 4.69) is 22.8 Å². The molecule has 0 aliphatic carbocycles. The molecule has 1 rings (SSSR count). The second-order valence-electron chi connectivity index (χ2n) is 3.09. The summed E-state index contributed by atoms with van der Waals surface area (Å²) in [5.41, 5.74) is 1.24. The fourth-order valence-corrected chi connectivity index (χ4v) is 1.16. The molecular formula is C11H16N2O. The highest BCUT2D eigenvalue weighted by Gasteiger charge is 1.96. The molecule has 3 nitrogen and oxygen atoms in total. The Morgan fingerprint density at radius 2 is 2.00 bits per heavy atom. The molecule has 0 unspecified atom stereocenters. The number of benzene rings is 1. The molecule has 0 aromatic heterocycles. The van der Waals surface area contributed by atoms with E-state index < -0.39 is 0 Å². The summed E-state index contributed by atoms with van der Waals surface area (Å²) < 4.78 is 0. The van der Waals surface area contributed by atoms with E-state index in [0.717, 1.165) is 6.54 Å². The fraction of sp³-hybridized carbons (Fsp3) is 0.364. The largest absolute Gasteiger partial charge is 0.359 e. The predicted molar refractivity (Wildman–Crippen MR) is 56.8 cm³/mol. The zero-order valence-electron chi connectivity index (χ0n) is 8.42. The quantitative estimate of drug-likeness (QED) is 0.681. The molecule has 0 aliphatic rings. The molecule has 0 heterocycles. The van der Waals surface area contributed by atoms with Gasteiger partial charge in [-0.1, -0.05) is 30.3 Å². The van der Waals surface area contributed by atoms with E-state index in [1.807, 2.05) is 18.2 Å². The zero-order chi connectivity index (χ0) is 10.2. The van der Waals surface area contributed by atoms with Gasteiger partial charge in [0.2, 0.25) is 5.91 Å². The van der Waals surface area contributed by atoms with Crippen LogP contribution in [-0.4, -0.2) is 19.5 Å². The monoisotopic (exact) mass is 192 g/mol. The summed E-state index contributed by atoms with van der Waals surface area (Å²) in [7, 11) is 1.65. The summed E-state index contributed by atoms with van der Waals surface area (Å²) in [6.07, 6.45) is 0.531. The topological polar surface area (TPSA) is 41.1 Å². The van der Waals surface area contributed by atoms with Gasteiger partial charge in [0.1, 0.15) is 0 Å². The standard InChI is InChI=1S/C11H16N2O/c1-12-11(14)7-8-13-9-10-5-3-2-4-6-10/h2-6,13H,7-9H2,1H3,(H,12,14). The van der Waals surface area contributed by atoms with Crippen LogP contribution >= 0.6 is 0 Å². The van der Waals surface area contributed by atoms with Gasteiger partial charge in [-0.3, -0.25) is 4.79 Å². The smallest absolute Gasteiger partial charge is 0.221 e. The van der Waals surface area contributed by atoms with E-state index in [1.165, 1.54) is 5.56 Å². The van der Waals surface area contributed by atoms with E-state index in [0.29, 0.717) is 13.0 Å². The lowest BCUT2D eigenvalue weighted by molar-refractivity contribution is -0.120. The van der Waals surface area contributed by atoms with Crippen LogP contribution < -0.4 is 10.6 Å². The highest BCUT2D eigenvalue weighted by Crippen LogP contribution is 1.96. The molecule has 0 atom stereocenters. The minimum atomic E-state index is 0.0746. The number of hydrogen-bond acceptors (Lipinski definition) is 2. The molecule has 0 aliphatic heterocycles.